The third kappa shape index (κ3) is 2.55. The first-order chi connectivity index (χ1) is 7.06. The fourth-order valence-electron chi connectivity index (χ4n) is 1.11. The molecule has 1 heterocycles. The lowest BCUT2D eigenvalue weighted by Crippen LogP contribution is -2.33. The zero-order valence-corrected chi connectivity index (χ0v) is 8.93. The van der Waals surface area contributed by atoms with Crippen LogP contribution in [0.1, 0.15) is 10.5 Å². The number of amides is 1. The van der Waals surface area contributed by atoms with Crippen molar-refractivity contribution in [2.75, 3.05) is 20.7 Å². The van der Waals surface area contributed by atoms with Gasteiger partial charge in [-0.2, -0.15) is 5.10 Å². The fourth-order valence-corrected chi connectivity index (χ4v) is 1.11. The minimum atomic E-state index is -0.451. The quantitative estimate of drug-likeness (QED) is 0.642. The van der Waals surface area contributed by atoms with E-state index in [1.165, 1.54) is 29.9 Å². The van der Waals surface area contributed by atoms with Crippen molar-refractivity contribution >= 4 is 11.9 Å². The summed E-state index contributed by atoms with van der Waals surface area (Å²) in [5.41, 5.74) is 0.432. The molecule has 0 N–H and O–H groups in total. The van der Waals surface area contributed by atoms with E-state index in [4.69, 9.17) is 0 Å². The van der Waals surface area contributed by atoms with Crippen LogP contribution in [0.25, 0.3) is 0 Å². The number of methoxy groups -OCH3 is 1. The normalized spacial score (nSPS) is 9.80. The lowest BCUT2D eigenvalue weighted by Gasteiger charge is -2.15. The third-order valence-corrected chi connectivity index (χ3v) is 1.98. The Morgan fingerprint density at radius 1 is 1.60 bits per heavy atom. The minimum Gasteiger partial charge on any atom is -0.468 e. The molecular weight excluding hydrogens is 198 g/mol. The molecule has 0 fully saturated rings. The van der Waals surface area contributed by atoms with Crippen molar-refractivity contribution in [3.63, 3.8) is 0 Å². The molecule has 0 unspecified atom stereocenters. The van der Waals surface area contributed by atoms with Crippen molar-refractivity contribution in [2.45, 2.75) is 0 Å². The zero-order valence-electron chi connectivity index (χ0n) is 8.93. The number of nitrogens with zero attached hydrogens (tertiary/aromatic N) is 3. The van der Waals surface area contributed by atoms with Gasteiger partial charge in [-0.05, 0) is 6.07 Å². The van der Waals surface area contributed by atoms with Gasteiger partial charge in [0.25, 0.3) is 5.91 Å². The predicted octanol–water partition coefficient (Wildman–Crippen LogP) is -0.335. The molecule has 0 saturated heterocycles. The van der Waals surface area contributed by atoms with Crippen LogP contribution in [0.2, 0.25) is 0 Å². The topological polar surface area (TPSA) is 64.4 Å². The number of aromatic nitrogens is 2. The Labute approximate surface area is 87.4 Å². The predicted molar refractivity (Wildman–Crippen MR) is 52.2 cm³/mol. The number of carbonyl (C=O) groups is 2. The first kappa shape index (κ1) is 11.2. The molecule has 0 aliphatic rings. The SMILES string of the molecule is COC(=O)CN(C)C(=O)c1ccnn1C. The molecule has 6 heteroatoms. The Hall–Kier alpha value is -1.85. The van der Waals surface area contributed by atoms with E-state index in [2.05, 4.69) is 9.84 Å². The van der Waals surface area contributed by atoms with Gasteiger partial charge in [-0.15, -0.1) is 0 Å². The summed E-state index contributed by atoms with van der Waals surface area (Å²) < 4.78 is 5.92. The van der Waals surface area contributed by atoms with Gasteiger partial charge in [-0.25, -0.2) is 0 Å². The van der Waals surface area contributed by atoms with Crippen molar-refractivity contribution < 1.29 is 14.3 Å². The highest BCUT2D eigenvalue weighted by Gasteiger charge is 2.17. The van der Waals surface area contributed by atoms with Crippen molar-refractivity contribution in [2.24, 2.45) is 7.05 Å². The van der Waals surface area contributed by atoms with Crippen LogP contribution in [-0.4, -0.2) is 47.3 Å². The summed E-state index contributed by atoms with van der Waals surface area (Å²) in [6.45, 7) is -0.0689. The van der Waals surface area contributed by atoms with Crippen LogP contribution >= 0.6 is 0 Å². The molecule has 0 aliphatic heterocycles. The van der Waals surface area contributed by atoms with Crippen LogP contribution in [0.4, 0.5) is 0 Å². The molecule has 0 bridgehead atoms. The number of hydrogen-bond donors (Lipinski definition) is 0. The van der Waals surface area contributed by atoms with Gasteiger partial charge in [-0.3, -0.25) is 14.3 Å². The first-order valence-corrected chi connectivity index (χ1v) is 4.36. The molecular formula is C9H13N3O3. The van der Waals surface area contributed by atoms with Crippen molar-refractivity contribution in [3.05, 3.63) is 18.0 Å². The molecule has 1 aromatic rings. The standard InChI is InChI=1S/C9H13N3O3/c1-11(6-8(13)15-3)9(14)7-4-5-10-12(7)2/h4-5H,6H2,1-3H3. The van der Waals surface area contributed by atoms with Gasteiger partial charge in [-0.1, -0.05) is 0 Å². The number of likely N-dealkylation sites (N-methyl/N-ethyl adjacent to an activating group) is 1. The Kier molecular flexibility index (Phi) is 3.43. The second kappa shape index (κ2) is 4.59. The maximum Gasteiger partial charge on any atom is 0.325 e. The fraction of sp³-hybridized carbons (Fsp3) is 0.444. The molecule has 0 aromatic carbocycles. The molecule has 15 heavy (non-hydrogen) atoms. The molecule has 82 valence electrons. The van der Waals surface area contributed by atoms with Gasteiger partial charge in [0.15, 0.2) is 0 Å². The third-order valence-electron chi connectivity index (χ3n) is 1.98. The van der Waals surface area contributed by atoms with Crippen LogP contribution in [-0.2, 0) is 16.6 Å². The van der Waals surface area contributed by atoms with Crippen molar-refractivity contribution in [1.29, 1.82) is 0 Å². The maximum atomic E-state index is 11.7. The minimum absolute atomic E-state index is 0.0689. The van der Waals surface area contributed by atoms with Crippen LogP contribution in [0.5, 0.6) is 0 Å². The summed E-state index contributed by atoms with van der Waals surface area (Å²) in [5, 5.41) is 3.87. The summed E-state index contributed by atoms with van der Waals surface area (Å²) >= 11 is 0. The van der Waals surface area contributed by atoms with E-state index in [0.29, 0.717) is 5.69 Å². The molecule has 1 rings (SSSR count). The molecule has 0 saturated carbocycles. The number of carbonyl (C=O) groups excluding carboxylic acids is 2. The van der Waals surface area contributed by atoms with E-state index < -0.39 is 5.97 Å². The van der Waals surface area contributed by atoms with E-state index in [1.54, 1.807) is 13.1 Å². The van der Waals surface area contributed by atoms with Crippen LogP contribution in [0, 0.1) is 0 Å². The second-order valence-corrected chi connectivity index (χ2v) is 3.08. The van der Waals surface area contributed by atoms with Crippen molar-refractivity contribution in [3.8, 4) is 0 Å². The number of ether oxygens (including phenoxy) is 1. The molecule has 0 radical (unpaired) electrons. The molecule has 1 aromatic heterocycles. The Bertz CT molecular complexity index is 372. The number of aryl methyl sites for hydroxylation is 1. The molecule has 0 aliphatic carbocycles. The molecule has 0 atom stereocenters. The average Bonchev–Trinajstić information content (AvgIpc) is 2.63. The Morgan fingerprint density at radius 2 is 2.27 bits per heavy atom. The maximum absolute atomic E-state index is 11.7. The van der Waals surface area contributed by atoms with E-state index >= 15 is 0 Å². The monoisotopic (exact) mass is 211 g/mol. The zero-order chi connectivity index (χ0) is 11.4. The highest BCUT2D eigenvalue weighted by atomic mass is 16.5. The van der Waals surface area contributed by atoms with Crippen molar-refractivity contribution in [1.82, 2.24) is 14.7 Å². The molecule has 1 amide bonds. The van der Waals surface area contributed by atoms with Gasteiger partial charge in [0.05, 0.1) is 7.11 Å². The van der Waals surface area contributed by atoms with E-state index in [0.717, 1.165) is 0 Å². The van der Waals surface area contributed by atoms with E-state index in [1.807, 2.05) is 0 Å². The second-order valence-electron chi connectivity index (χ2n) is 3.08. The Morgan fingerprint density at radius 3 is 2.73 bits per heavy atom. The van der Waals surface area contributed by atoms with E-state index in [9.17, 15) is 9.59 Å². The highest BCUT2D eigenvalue weighted by Crippen LogP contribution is 2.01. The summed E-state index contributed by atoms with van der Waals surface area (Å²) in [6.07, 6.45) is 1.53. The number of esters is 1. The Balaban J connectivity index is 2.69. The summed E-state index contributed by atoms with van der Waals surface area (Å²) in [5.74, 6) is -0.714. The van der Waals surface area contributed by atoms with Crippen LogP contribution < -0.4 is 0 Å². The highest BCUT2D eigenvalue weighted by molar-refractivity contribution is 5.94. The van der Waals surface area contributed by atoms with E-state index in [-0.39, 0.29) is 12.5 Å². The van der Waals surface area contributed by atoms with Gasteiger partial charge in [0, 0.05) is 20.3 Å². The molecule has 0 spiro atoms. The van der Waals surface area contributed by atoms with Gasteiger partial charge in [0.1, 0.15) is 12.2 Å². The van der Waals surface area contributed by atoms with Gasteiger partial charge < -0.3 is 9.64 Å². The summed E-state index contributed by atoms with van der Waals surface area (Å²) in [4.78, 5) is 24.0. The number of rotatable bonds is 3. The van der Waals surface area contributed by atoms with Crippen LogP contribution in [0.15, 0.2) is 12.3 Å². The average molecular weight is 211 g/mol. The first-order valence-electron chi connectivity index (χ1n) is 4.36. The lowest BCUT2D eigenvalue weighted by molar-refractivity contribution is -0.141. The molecule has 6 nitrogen and oxygen atoms in total. The smallest absolute Gasteiger partial charge is 0.325 e. The van der Waals surface area contributed by atoms with Gasteiger partial charge in [0.2, 0.25) is 0 Å². The largest absolute Gasteiger partial charge is 0.468 e. The lowest BCUT2D eigenvalue weighted by atomic mass is 10.3. The van der Waals surface area contributed by atoms with Crippen LogP contribution in [0.3, 0.4) is 0 Å². The summed E-state index contributed by atoms with van der Waals surface area (Å²) in [6, 6.07) is 1.59. The summed E-state index contributed by atoms with van der Waals surface area (Å²) in [7, 11) is 4.48. The van der Waals surface area contributed by atoms with Gasteiger partial charge >= 0.3 is 5.97 Å². The number of hydrogen-bond acceptors (Lipinski definition) is 4.